The molecule has 0 saturated carbocycles. The molecule has 0 fully saturated rings. The number of hydrogen-bond donors (Lipinski definition) is 2. The van der Waals surface area contributed by atoms with Crippen molar-refractivity contribution in [2.75, 3.05) is 13.1 Å². The Hall–Kier alpha value is -1.40. The van der Waals surface area contributed by atoms with Crippen LogP contribution in [-0.2, 0) is 12.8 Å². The first-order valence-corrected chi connectivity index (χ1v) is 10.1. The quantitative estimate of drug-likeness (QED) is 0.579. The molecule has 2 aromatic heterocycles. The maximum Gasteiger partial charge on any atom is 0.191 e. The number of hydrogen-bond acceptors (Lipinski definition) is 4. The number of nitrogens with one attached hydrogen (secondary N) is 2. The number of thiazole rings is 1. The highest BCUT2D eigenvalue weighted by molar-refractivity contribution is 7.12. The normalized spacial score (nSPS) is 13.1. The number of rotatable bonds is 7. The minimum Gasteiger partial charge on any atom is -0.357 e. The molecule has 0 spiro atoms. The number of thiophene rings is 1. The highest BCUT2D eigenvalue weighted by atomic mass is 32.1. The monoisotopic (exact) mass is 364 g/mol. The minimum atomic E-state index is 0.355. The summed E-state index contributed by atoms with van der Waals surface area (Å²) in [5, 5.41) is 7.99. The summed E-state index contributed by atoms with van der Waals surface area (Å²) in [6.07, 6.45) is 1.97. The summed E-state index contributed by atoms with van der Waals surface area (Å²) < 4.78 is 0. The highest BCUT2D eigenvalue weighted by Crippen LogP contribution is 2.18. The molecular weight excluding hydrogens is 336 g/mol. The SMILES string of the molecule is CCNC(=NCCc1sc(C)nc1C)NC(C)Cc1ccc(C)s1. The van der Waals surface area contributed by atoms with Gasteiger partial charge in [0.25, 0.3) is 0 Å². The second kappa shape index (κ2) is 9.18. The topological polar surface area (TPSA) is 49.3 Å². The van der Waals surface area contributed by atoms with Crippen molar-refractivity contribution in [3.63, 3.8) is 0 Å². The van der Waals surface area contributed by atoms with E-state index >= 15 is 0 Å². The van der Waals surface area contributed by atoms with Crippen molar-refractivity contribution in [3.05, 3.63) is 37.5 Å². The van der Waals surface area contributed by atoms with E-state index in [0.717, 1.165) is 42.6 Å². The van der Waals surface area contributed by atoms with Crippen LogP contribution in [0.15, 0.2) is 17.1 Å². The average Bonchev–Trinajstić information content (AvgIpc) is 3.04. The molecule has 2 aromatic rings. The van der Waals surface area contributed by atoms with E-state index in [1.54, 1.807) is 11.3 Å². The Morgan fingerprint density at radius 1 is 1.25 bits per heavy atom. The molecule has 0 bridgehead atoms. The molecule has 0 aromatic carbocycles. The van der Waals surface area contributed by atoms with Crippen LogP contribution < -0.4 is 10.6 Å². The predicted molar refractivity (Wildman–Crippen MR) is 107 cm³/mol. The van der Waals surface area contributed by atoms with Gasteiger partial charge in [0, 0.05) is 46.6 Å². The smallest absolute Gasteiger partial charge is 0.191 e. The first-order valence-electron chi connectivity index (χ1n) is 8.51. The van der Waals surface area contributed by atoms with E-state index in [0.29, 0.717) is 6.04 Å². The molecule has 0 aliphatic carbocycles. The third kappa shape index (κ3) is 5.91. The molecule has 2 heterocycles. The zero-order valence-corrected chi connectivity index (χ0v) is 16.9. The van der Waals surface area contributed by atoms with Gasteiger partial charge in [0.2, 0.25) is 0 Å². The van der Waals surface area contributed by atoms with E-state index in [1.807, 2.05) is 11.3 Å². The van der Waals surface area contributed by atoms with Crippen molar-refractivity contribution in [1.29, 1.82) is 0 Å². The first-order chi connectivity index (χ1) is 11.5. The van der Waals surface area contributed by atoms with Crippen molar-refractivity contribution < 1.29 is 0 Å². The van der Waals surface area contributed by atoms with Crippen LogP contribution in [0.4, 0.5) is 0 Å². The van der Waals surface area contributed by atoms with Gasteiger partial charge in [-0.2, -0.15) is 0 Å². The molecule has 0 aliphatic rings. The van der Waals surface area contributed by atoms with Crippen LogP contribution in [0.1, 0.15) is 39.2 Å². The molecule has 132 valence electrons. The lowest BCUT2D eigenvalue weighted by atomic mass is 10.2. The summed E-state index contributed by atoms with van der Waals surface area (Å²) >= 11 is 3.65. The lowest BCUT2D eigenvalue weighted by Gasteiger charge is -2.17. The van der Waals surface area contributed by atoms with Gasteiger partial charge in [-0.25, -0.2) is 4.98 Å². The van der Waals surface area contributed by atoms with E-state index in [9.17, 15) is 0 Å². The van der Waals surface area contributed by atoms with E-state index in [4.69, 9.17) is 4.99 Å². The van der Waals surface area contributed by atoms with Crippen LogP contribution >= 0.6 is 22.7 Å². The zero-order valence-electron chi connectivity index (χ0n) is 15.3. The van der Waals surface area contributed by atoms with Gasteiger partial charge in [-0.3, -0.25) is 4.99 Å². The van der Waals surface area contributed by atoms with Gasteiger partial charge in [0.15, 0.2) is 5.96 Å². The van der Waals surface area contributed by atoms with Crippen LogP contribution in [0.3, 0.4) is 0 Å². The Morgan fingerprint density at radius 3 is 2.62 bits per heavy atom. The van der Waals surface area contributed by atoms with Crippen LogP contribution in [0.5, 0.6) is 0 Å². The molecule has 2 rings (SSSR count). The molecule has 0 aliphatic heterocycles. The van der Waals surface area contributed by atoms with Crippen molar-refractivity contribution in [1.82, 2.24) is 15.6 Å². The summed E-state index contributed by atoms with van der Waals surface area (Å²) in [6, 6.07) is 4.76. The van der Waals surface area contributed by atoms with E-state index < -0.39 is 0 Å². The van der Waals surface area contributed by atoms with Gasteiger partial charge < -0.3 is 10.6 Å². The van der Waals surface area contributed by atoms with Crippen molar-refractivity contribution in [3.8, 4) is 0 Å². The summed E-state index contributed by atoms with van der Waals surface area (Å²) in [4.78, 5) is 13.3. The van der Waals surface area contributed by atoms with E-state index in [1.165, 1.54) is 14.6 Å². The molecular formula is C18H28N4S2. The molecule has 0 radical (unpaired) electrons. The standard InChI is InChI=1S/C18H28N4S2/c1-6-19-18(20-10-9-17-14(4)22-15(5)24-17)21-12(2)11-16-8-7-13(3)23-16/h7-8,12H,6,9-11H2,1-5H3,(H2,19,20,21). The molecule has 6 heteroatoms. The van der Waals surface area contributed by atoms with E-state index in [2.05, 4.69) is 62.4 Å². The average molecular weight is 365 g/mol. The Kier molecular flexibility index (Phi) is 7.24. The summed E-state index contributed by atoms with van der Waals surface area (Å²) in [7, 11) is 0. The minimum absolute atomic E-state index is 0.355. The lowest BCUT2D eigenvalue weighted by Crippen LogP contribution is -2.43. The Morgan fingerprint density at radius 2 is 2.04 bits per heavy atom. The second-order valence-corrected chi connectivity index (χ2v) is 8.67. The molecule has 0 amide bonds. The maximum atomic E-state index is 4.72. The third-order valence-corrected chi connectivity index (χ3v) is 5.79. The van der Waals surface area contributed by atoms with Crippen molar-refractivity contribution in [2.45, 2.75) is 53.5 Å². The highest BCUT2D eigenvalue weighted by Gasteiger charge is 2.08. The first kappa shape index (κ1) is 18.9. The van der Waals surface area contributed by atoms with Crippen LogP contribution in [0, 0.1) is 20.8 Å². The van der Waals surface area contributed by atoms with Gasteiger partial charge in [-0.1, -0.05) is 0 Å². The second-order valence-electron chi connectivity index (χ2n) is 6.01. The van der Waals surface area contributed by atoms with Crippen LogP contribution in [-0.4, -0.2) is 30.1 Å². The number of aliphatic imine (C=N–C) groups is 1. The molecule has 2 N–H and O–H groups in total. The van der Waals surface area contributed by atoms with Gasteiger partial charge in [-0.15, -0.1) is 22.7 Å². The predicted octanol–water partition coefficient (Wildman–Crippen LogP) is 3.86. The number of aryl methyl sites for hydroxylation is 3. The Bertz CT molecular complexity index is 672. The lowest BCUT2D eigenvalue weighted by molar-refractivity contribution is 0.645. The van der Waals surface area contributed by atoms with Crippen molar-refractivity contribution in [2.24, 2.45) is 4.99 Å². The molecule has 1 unspecified atom stereocenters. The van der Waals surface area contributed by atoms with Crippen LogP contribution in [0.25, 0.3) is 0 Å². The summed E-state index contributed by atoms with van der Waals surface area (Å²) in [5.74, 6) is 0.900. The fourth-order valence-corrected chi connectivity index (χ4v) is 4.52. The summed E-state index contributed by atoms with van der Waals surface area (Å²) in [5.41, 5.74) is 1.15. The zero-order chi connectivity index (χ0) is 17.5. The number of guanidine groups is 1. The van der Waals surface area contributed by atoms with Crippen LogP contribution in [0.2, 0.25) is 0 Å². The summed E-state index contributed by atoms with van der Waals surface area (Å²) in [6.45, 7) is 12.2. The maximum absolute atomic E-state index is 4.72. The van der Waals surface area contributed by atoms with Gasteiger partial charge in [0.05, 0.1) is 10.7 Å². The largest absolute Gasteiger partial charge is 0.357 e. The molecule has 4 nitrogen and oxygen atoms in total. The fraction of sp³-hybridized carbons (Fsp3) is 0.556. The van der Waals surface area contributed by atoms with Crippen molar-refractivity contribution >= 4 is 28.6 Å². The molecule has 1 atom stereocenters. The number of aromatic nitrogens is 1. The molecule has 24 heavy (non-hydrogen) atoms. The van der Waals surface area contributed by atoms with Gasteiger partial charge >= 0.3 is 0 Å². The Labute approximate surface area is 153 Å². The fourth-order valence-electron chi connectivity index (χ4n) is 2.58. The Balaban J connectivity index is 1.88. The number of nitrogens with zero attached hydrogens (tertiary/aromatic N) is 2. The van der Waals surface area contributed by atoms with Gasteiger partial charge in [-0.05, 0) is 46.8 Å². The van der Waals surface area contributed by atoms with E-state index in [-0.39, 0.29) is 0 Å². The van der Waals surface area contributed by atoms with Gasteiger partial charge in [0.1, 0.15) is 0 Å². The third-order valence-electron chi connectivity index (χ3n) is 3.64. The molecule has 0 saturated heterocycles.